The summed E-state index contributed by atoms with van der Waals surface area (Å²) < 4.78 is 0. The van der Waals surface area contributed by atoms with Crippen LogP contribution in [0.4, 0.5) is 0 Å². The molecule has 108 valence electrons. The van der Waals surface area contributed by atoms with E-state index in [2.05, 4.69) is 64.4 Å². The maximum atomic E-state index is 4.53. The van der Waals surface area contributed by atoms with Crippen LogP contribution in [-0.4, -0.2) is 54.5 Å². The molecule has 2 aliphatic rings. The molecule has 0 aromatic heterocycles. The molecule has 0 bridgehead atoms. The van der Waals surface area contributed by atoms with Gasteiger partial charge in [0.1, 0.15) is 0 Å². The monoisotopic (exact) mass is 272 g/mol. The highest BCUT2D eigenvalue weighted by Crippen LogP contribution is 2.20. The van der Waals surface area contributed by atoms with Crippen molar-refractivity contribution in [2.75, 3.05) is 26.7 Å². The number of benzene rings is 1. The lowest BCUT2D eigenvalue weighted by Crippen LogP contribution is -2.43. The molecule has 4 nitrogen and oxygen atoms in total. The van der Waals surface area contributed by atoms with E-state index in [9.17, 15) is 0 Å². The van der Waals surface area contributed by atoms with Crippen molar-refractivity contribution >= 4 is 5.96 Å². The Morgan fingerprint density at radius 1 is 1.30 bits per heavy atom. The second-order valence-electron chi connectivity index (χ2n) is 5.97. The standard InChI is InChI=1S/C16H24N4/c1-13-10-15(18-16-17-8-9-19(16)2)12-20(13)11-14-6-4-3-5-7-14/h3-7,13,15H,8-12H2,1-2H3,(H,17,18). The molecule has 0 spiro atoms. The quantitative estimate of drug-likeness (QED) is 0.905. The molecule has 1 aromatic carbocycles. The van der Waals surface area contributed by atoms with Crippen LogP contribution in [0.25, 0.3) is 0 Å². The minimum Gasteiger partial charge on any atom is -0.352 e. The molecule has 1 saturated heterocycles. The Labute approximate surface area is 121 Å². The van der Waals surface area contributed by atoms with Gasteiger partial charge in [0.05, 0.1) is 6.54 Å². The van der Waals surface area contributed by atoms with Gasteiger partial charge in [-0.2, -0.15) is 0 Å². The van der Waals surface area contributed by atoms with Crippen molar-refractivity contribution in [1.82, 2.24) is 15.1 Å². The van der Waals surface area contributed by atoms with Gasteiger partial charge in [-0.1, -0.05) is 30.3 Å². The molecule has 1 aromatic rings. The van der Waals surface area contributed by atoms with Crippen LogP contribution in [0, 0.1) is 0 Å². The summed E-state index contributed by atoms with van der Waals surface area (Å²) in [6.45, 7) is 6.43. The van der Waals surface area contributed by atoms with Crippen LogP contribution in [0.2, 0.25) is 0 Å². The van der Waals surface area contributed by atoms with Gasteiger partial charge in [-0.15, -0.1) is 0 Å². The normalized spacial score (nSPS) is 26.9. The van der Waals surface area contributed by atoms with E-state index in [1.54, 1.807) is 0 Å². The van der Waals surface area contributed by atoms with Gasteiger partial charge in [0.2, 0.25) is 0 Å². The molecule has 0 aliphatic carbocycles. The van der Waals surface area contributed by atoms with Gasteiger partial charge in [0, 0.05) is 38.8 Å². The number of rotatable bonds is 3. The summed E-state index contributed by atoms with van der Waals surface area (Å²) in [4.78, 5) is 9.30. The average molecular weight is 272 g/mol. The van der Waals surface area contributed by atoms with Crippen molar-refractivity contribution in [3.63, 3.8) is 0 Å². The molecule has 0 saturated carbocycles. The Morgan fingerprint density at radius 3 is 2.80 bits per heavy atom. The molecular formula is C16H24N4. The maximum Gasteiger partial charge on any atom is 0.194 e. The fourth-order valence-corrected chi connectivity index (χ4v) is 3.11. The van der Waals surface area contributed by atoms with E-state index in [4.69, 9.17) is 0 Å². The molecule has 2 unspecified atom stereocenters. The third-order valence-electron chi connectivity index (χ3n) is 4.32. The zero-order valence-electron chi connectivity index (χ0n) is 12.4. The summed E-state index contributed by atoms with van der Waals surface area (Å²) in [5.74, 6) is 1.07. The molecule has 1 fully saturated rings. The van der Waals surface area contributed by atoms with Gasteiger partial charge >= 0.3 is 0 Å². The number of hydrogen-bond acceptors (Lipinski definition) is 4. The number of nitrogens with zero attached hydrogens (tertiary/aromatic N) is 3. The SMILES string of the molecule is CC1CC(NC2=NCCN2C)CN1Cc1ccccc1. The van der Waals surface area contributed by atoms with E-state index < -0.39 is 0 Å². The Kier molecular flexibility index (Phi) is 3.92. The number of aliphatic imine (C=N–C) groups is 1. The van der Waals surface area contributed by atoms with Crippen molar-refractivity contribution < 1.29 is 0 Å². The summed E-state index contributed by atoms with van der Waals surface area (Å²) in [6, 6.07) is 11.9. The number of hydrogen-bond donors (Lipinski definition) is 1. The first-order chi connectivity index (χ1) is 9.72. The summed E-state index contributed by atoms with van der Waals surface area (Å²) >= 11 is 0. The van der Waals surface area contributed by atoms with Crippen LogP contribution in [0.15, 0.2) is 35.3 Å². The Hall–Kier alpha value is -1.55. The van der Waals surface area contributed by atoms with Gasteiger partial charge in [0.15, 0.2) is 5.96 Å². The van der Waals surface area contributed by atoms with Crippen LogP contribution in [0.3, 0.4) is 0 Å². The lowest BCUT2D eigenvalue weighted by Gasteiger charge is -2.22. The van der Waals surface area contributed by atoms with Crippen molar-refractivity contribution in [3.05, 3.63) is 35.9 Å². The lowest BCUT2D eigenvalue weighted by molar-refractivity contribution is 0.258. The molecule has 0 amide bonds. The largest absolute Gasteiger partial charge is 0.352 e. The van der Waals surface area contributed by atoms with Crippen molar-refractivity contribution in [1.29, 1.82) is 0 Å². The first-order valence-corrected chi connectivity index (χ1v) is 7.52. The van der Waals surface area contributed by atoms with Crippen LogP contribution >= 0.6 is 0 Å². The molecule has 3 rings (SSSR count). The third-order valence-corrected chi connectivity index (χ3v) is 4.32. The highest BCUT2D eigenvalue weighted by molar-refractivity contribution is 5.81. The summed E-state index contributed by atoms with van der Waals surface area (Å²) in [7, 11) is 2.11. The van der Waals surface area contributed by atoms with E-state index in [0.29, 0.717) is 12.1 Å². The molecule has 2 atom stereocenters. The first kappa shape index (κ1) is 13.4. The highest BCUT2D eigenvalue weighted by atomic mass is 15.3. The molecular weight excluding hydrogens is 248 g/mol. The van der Waals surface area contributed by atoms with Crippen LogP contribution < -0.4 is 5.32 Å². The Balaban J connectivity index is 1.57. The van der Waals surface area contributed by atoms with E-state index in [0.717, 1.165) is 32.1 Å². The molecule has 0 radical (unpaired) electrons. The Bertz CT molecular complexity index is 471. The second-order valence-corrected chi connectivity index (χ2v) is 5.97. The van der Waals surface area contributed by atoms with Gasteiger partial charge < -0.3 is 10.2 Å². The zero-order chi connectivity index (χ0) is 13.9. The van der Waals surface area contributed by atoms with Gasteiger partial charge in [0.25, 0.3) is 0 Å². The summed E-state index contributed by atoms with van der Waals surface area (Å²) in [5.41, 5.74) is 1.40. The van der Waals surface area contributed by atoms with Crippen LogP contribution in [0.1, 0.15) is 18.9 Å². The minimum absolute atomic E-state index is 0.521. The fourth-order valence-electron chi connectivity index (χ4n) is 3.11. The van der Waals surface area contributed by atoms with Gasteiger partial charge in [-0.05, 0) is 18.9 Å². The average Bonchev–Trinajstić information content (AvgIpc) is 2.99. The van der Waals surface area contributed by atoms with Crippen molar-refractivity contribution in [2.45, 2.75) is 32.0 Å². The number of likely N-dealkylation sites (tertiary alicyclic amines) is 1. The second kappa shape index (κ2) is 5.83. The highest BCUT2D eigenvalue weighted by Gasteiger charge is 2.30. The lowest BCUT2D eigenvalue weighted by atomic mass is 10.2. The number of likely N-dealkylation sites (N-methyl/N-ethyl adjacent to an activating group) is 1. The van der Waals surface area contributed by atoms with Gasteiger partial charge in [-0.3, -0.25) is 9.89 Å². The topological polar surface area (TPSA) is 30.9 Å². The zero-order valence-corrected chi connectivity index (χ0v) is 12.4. The van der Waals surface area contributed by atoms with E-state index in [-0.39, 0.29) is 0 Å². The van der Waals surface area contributed by atoms with E-state index in [1.165, 1.54) is 12.0 Å². The smallest absolute Gasteiger partial charge is 0.194 e. The summed E-state index contributed by atoms with van der Waals surface area (Å²) in [5, 5.41) is 3.61. The van der Waals surface area contributed by atoms with E-state index >= 15 is 0 Å². The van der Waals surface area contributed by atoms with Gasteiger partial charge in [-0.25, -0.2) is 0 Å². The predicted octanol–water partition coefficient (Wildman–Crippen LogP) is 1.54. The molecule has 20 heavy (non-hydrogen) atoms. The minimum atomic E-state index is 0.521. The molecule has 1 N–H and O–H groups in total. The Morgan fingerprint density at radius 2 is 2.10 bits per heavy atom. The van der Waals surface area contributed by atoms with Crippen molar-refractivity contribution in [3.8, 4) is 0 Å². The first-order valence-electron chi connectivity index (χ1n) is 7.52. The van der Waals surface area contributed by atoms with Crippen molar-refractivity contribution in [2.24, 2.45) is 4.99 Å². The molecule has 4 heteroatoms. The predicted molar refractivity (Wildman–Crippen MR) is 82.8 cm³/mol. The van der Waals surface area contributed by atoms with Crippen LogP contribution in [0.5, 0.6) is 0 Å². The molecule has 2 heterocycles. The summed E-state index contributed by atoms with van der Waals surface area (Å²) in [6.07, 6.45) is 1.19. The maximum absolute atomic E-state index is 4.53. The molecule has 2 aliphatic heterocycles. The third kappa shape index (κ3) is 2.96. The van der Waals surface area contributed by atoms with Crippen LogP contribution in [-0.2, 0) is 6.54 Å². The number of guanidine groups is 1. The number of nitrogens with one attached hydrogen (secondary N) is 1. The van der Waals surface area contributed by atoms with E-state index in [1.807, 2.05) is 0 Å². The fraction of sp³-hybridized carbons (Fsp3) is 0.562.